The first-order chi connectivity index (χ1) is 9.28. The lowest BCUT2D eigenvalue weighted by atomic mass is 9.95. The van der Waals surface area contributed by atoms with Gasteiger partial charge >= 0.3 is 0 Å². The maximum absolute atomic E-state index is 6.23. The number of aromatic nitrogens is 2. The van der Waals surface area contributed by atoms with Crippen LogP contribution in [0, 0.1) is 0 Å². The minimum Gasteiger partial charge on any atom is -0.373 e. The molecule has 0 saturated carbocycles. The molecule has 0 radical (unpaired) electrons. The van der Waals surface area contributed by atoms with E-state index in [0.717, 1.165) is 29.7 Å². The van der Waals surface area contributed by atoms with E-state index < -0.39 is 0 Å². The molecule has 2 fully saturated rings. The van der Waals surface area contributed by atoms with Gasteiger partial charge in [-0.15, -0.1) is 11.6 Å². The Balaban J connectivity index is 1.90. The number of para-hydroxylation sites is 1. The summed E-state index contributed by atoms with van der Waals surface area (Å²) in [6.45, 7) is 0. The van der Waals surface area contributed by atoms with Crippen molar-refractivity contribution in [3.63, 3.8) is 0 Å². The highest BCUT2D eigenvalue weighted by Crippen LogP contribution is 2.44. The van der Waals surface area contributed by atoms with Crippen LogP contribution in [0.3, 0.4) is 0 Å². The van der Waals surface area contributed by atoms with Crippen molar-refractivity contribution in [3.8, 4) is 0 Å². The highest BCUT2D eigenvalue weighted by Gasteiger charge is 2.42. The number of ether oxygens (including phenoxy) is 1. The Hall–Kier alpha value is -0.770. The molecule has 3 heterocycles. The van der Waals surface area contributed by atoms with Crippen LogP contribution in [0.4, 0.5) is 0 Å². The van der Waals surface area contributed by atoms with Crippen molar-refractivity contribution in [3.05, 3.63) is 29.0 Å². The molecule has 4 rings (SSSR count). The first-order valence-electron chi connectivity index (χ1n) is 6.64. The maximum atomic E-state index is 6.23. The Kier molecular flexibility index (Phi) is 2.76. The molecule has 5 heteroatoms. The van der Waals surface area contributed by atoms with Gasteiger partial charge in [0.15, 0.2) is 0 Å². The smallest absolute Gasteiger partial charge is 0.125 e. The number of hydrogen-bond acceptors (Lipinski definition) is 2. The number of benzene rings is 1. The molecule has 3 unspecified atom stereocenters. The minimum atomic E-state index is 0.309. The summed E-state index contributed by atoms with van der Waals surface area (Å²) in [4.78, 5) is 4.60. The predicted molar refractivity (Wildman–Crippen MR) is 75.8 cm³/mol. The molecular weight excluding hydrogens is 283 g/mol. The highest BCUT2D eigenvalue weighted by molar-refractivity contribution is 6.35. The van der Waals surface area contributed by atoms with E-state index in [2.05, 4.69) is 15.6 Å². The number of hydrogen-bond donors (Lipinski definition) is 0. The molecule has 2 bridgehead atoms. The fourth-order valence-corrected chi connectivity index (χ4v) is 3.88. The van der Waals surface area contributed by atoms with E-state index in [-0.39, 0.29) is 0 Å². The lowest BCUT2D eigenvalue weighted by molar-refractivity contribution is 0.0940. The molecular formula is C14H14Cl2N2O. The van der Waals surface area contributed by atoms with E-state index in [0.29, 0.717) is 29.2 Å². The van der Waals surface area contributed by atoms with Crippen LogP contribution >= 0.6 is 23.2 Å². The molecule has 19 heavy (non-hydrogen) atoms. The van der Waals surface area contributed by atoms with Crippen molar-refractivity contribution in [1.82, 2.24) is 9.55 Å². The third-order valence-electron chi connectivity index (χ3n) is 4.27. The van der Waals surface area contributed by atoms with Crippen LogP contribution in [0.1, 0.15) is 31.1 Å². The normalized spacial score (nSPS) is 29.5. The van der Waals surface area contributed by atoms with Gasteiger partial charge in [0.1, 0.15) is 11.3 Å². The van der Waals surface area contributed by atoms with Gasteiger partial charge in [0.05, 0.1) is 34.7 Å². The van der Waals surface area contributed by atoms with E-state index >= 15 is 0 Å². The summed E-state index contributed by atoms with van der Waals surface area (Å²) < 4.78 is 8.21. The average Bonchev–Trinajstić information content (AvgIpc) is 3.11. The van der Waals surface area contributed by atoms with Crippen molar-refractivity contribution < 1.29 is 4.74 Å². The summed E-state index contributed by atoms with van der Waals surface area (Å²) in [5.41, 5.74) is 1.92. The summed E-state index contributed by atoms with van der Waals surface area (Å²) in [6.07, 6.45) is 4.10. The van der Waals surface area contributed by atoms with Crippen LogP contribution in [0.5, 0.6) is 0 Å². The fraction of sp³-hybridized carbons (Fsp3) is 0.500. The average molecular weight is 297 g/mol. The molecule has 3 nitrogen and oxygen atoms in total. The second-order valence-corrected chi connectivity index (χ2v) is 5.99. The lowest BCUT2D eigenvalue weighted by Crippen LogP contribution is -2.22. The second-order valence-electron chi connectivity index (χ2n) is 5.32. The van der Waals surface area contributed by atoms with Gasteiger partial charge in [-0.2, -0.15) is 0 Å². The number of nitrogens with zero attached hydrogens (tertiary/aromatic N) is 2. The Morgan fingerprint density at radius 2 is 2.26 bits per heavy atom. The Morgan fingerprint density at radius 1 is 1.37 bits per heavy atom. The van der Waals surface area contributed by atoms with Crippen molar-refractivity contribution in [2.45, 2.75) is 43.4 Å². The molecule has 0 amide bonds. The Morgan fingerprint density at radius 3 is 2.95 bits per heavy atom. The largest absolute Gasteiger partial charge is 0.373 e. The molecule has 0 N–H and O–H groups in total. The van der Waals surface area contributed by atoms with Crippen LogP contribution in [-0.4, -0.2) is 21.8 Å². The zero-order valence-corrected chi connectivity index (χ0v) is 11.9. The van der Waals surface area contributed by atoms with E-state index in [9.17, 15) is 0 Å². The van der Waals surface area contributed by atoms with Gasteiger partial charge in [0, 0.05) is 0 Å². The summed E-state index contributed by atoms with van der Waals surface area (Å²) >= 11 is 12.3. The number of rotatable bonds is 2. The quantitative estimate of drug-likeness (QED) is 0.786. The molecule has 1 aromatic carbocycles. The summed E-state index contributed by atoms with van der Waals surface area (Å²) in [6, 6.07) is 6.26. The summed E-state index contributed by atoms with van der Waals surface area (Å²) in [5.74, 6) is 1.30. The fourth-order valence-electron chi connectivity index (χ4n) is 3.48. The Bertz CT molecular complexity index is 640. The molecule has 2 aliphatic rings. The number of fused-ring (bicyclic) bond motifs is 3. The first kappa shape index (κ1) is 12.0. The van der Waals surface area contributed by atoms with Gasteiger partial charge in [-0.25, -0.2) is 4.98 Å². The van der Waals surface area contributed by atoms with E-state index in [1.165, 1.54) is 6.42 Å². The molecule has 1 aromatic heterocycles. The first-order valence-corrected chi connectivity index (χ1v) is 7.56. The van der Waals surface area contributed by atoms with E-state index in [1.54, 1.807) is 0 Å². The maximum Gasteiger partial charge on any atom is 0.125 e. The molecule has 100 valence electrons. The van der Waals surface area contributed by atoms with Gasteiger partial charge in [0.2, 0.25) is 0 Å². The van der Waals surface area contributed by atoms with Crippen LogP contribution in [0.2, 0.25) is 5.02 Å². The van der Waals surface area contributed by atoms with Gasteiger partial charge in [-0.1, -0.05) is 17.7 Å². The zero-order valence-electron chi connectivity index (χ0n) is 10.4. The van der Waals surface area contributed by atoms with Gasteiger partial charge in [-0.05, 0) is 31.4 Å². The van der Waals surface area contributed by atoms with Crippen molar-refractivity contribution in [2.24, 2.45) is 0 Å². The Labute approximate surface area is 121 Å². The summed E-state index contributed by atoms with van der Waals surface area (Å²) in [5, 5.41) is 0.687. The molecule has 2 aromatic rings. The van der Waals surface area contributed by atoms with Crippen LogP contribution in [0.15, 0.2) is 18.2 Å². The molecule has 0 aliphatic carbocycles. The lowest BCUT2D eigenvalue weighted by Gasteiger charge is -2.22. The van der Waals surface area contributed by atoms with Gasteiger partial charge in [-0.3, -0.25) is 0 Å². The third-order valence-corrected chi connectivity index (χ3v) is 4.81. The zero-order chi connectivity index (χ0) is 13.0. The van der Waals surface area contributed by atoms with Gasteiger partial charge in [0.25, 0.3) is 0 Å². The number of halogens is 2. The highest BCUT2D eigenvalue weighted by atomic mass is 35.5. The second kappa shape index (κ2) is 4.37. The molecule has 2 saturated heterocycles. The van der Waals surface area contributed by atoms with E-state index in [4.69, 9.17) is 27.9 Å². The monoisotopic (exact) mass is 296 g/mol. The predicted octanol–water partition coefficient (Wildman–Crippen LogP) is 3.92. The van der Waals surface area contributed by atoms with Crippen molar-refractivity contribution in [2.75, 3.05) is 0 Å². The standard InChI is InChI=1S/C14H14Cl2N2O/c15-7-13-17-14-9(16)2-1-3-10(14)18(13)11-6-8-4-5-12(11)19-8/h1-3,8,11-12H,4-7H2. The number of imidazole rings is 1. The van der Waals surface area contributed by atoms with Crippen LogP contribution in [-0.2, 0) is 10.6 Å². The topological polar surface area (TPSA) is 27.1 Å². The van der Waals surface area contributed by atoms with Crippen LogP contribution in [0.25, 0.3) is 11.0 Å². The van der Waals surface area contributed by atoms with Crippen LogP contribution < -0.4 is 0 Å². The molecule has 3 atom stereocenters. The summed E-state index contributed by atoms with van der Waals surface area (Å²) in [7, 11) is 0. The SMILES string of the molecule is ClCc1nc2c(Cl)cccc2n1C1CC2CCC1O2. The van der Waals surface area contributed by atoms with E-state index in [1.807, 2.05) is 12.1 Å². The number of alkyl halides is 1. The minimum absolute atomic E-state index is 0.309. The molecule has 0 spiro atoms. The molecule has 2 aliphatic heterocycles. The van der Waals surface area contributed by atoms with Crippen molar-refractivity contribution in [1.29, 1.82) is 0 Å². The third kappa shape index (κ3) is 1.72. The van der Waals surface area contributed by atoms with Gasteiger partial charge < -0.3 is 9.30 Å². The van der Waals surface area contributed by atoms with Crippen molar-refractivity contribution >= 4 is 34.2 Å².